The van der Waals surface area contributed by atoms with Gasteiger partial charge in [0.05, 0.1) is 7.11 Å². The van der Waals surface area contributed by atoms with Gasteiger partial charge in [-0.3, -0.25) is 4.79 Å². The fourth-order valence-corrected chi connectivity index (χ4v) is 2.08. The molecule has 1 aromatic heterocycles. The van der Waals surface area contributed by atoms with Crippen LogP contribution in [-0.2, 0) is 17.9 Å². The maximum absolute atomic E-state index is 11.2. The number of benzene rings is 1. The number of carbonyl (C=O) groups excluding carboxylic acids is 1. The van der Waals surface area contributed by atoms with Crippen LogP contribution in [0.25, 0.3) is 0 Å². The average molecular weight is 259 g/mol. The normalized spacial score (nSPS) is 10.5. The average Bonchev–Trinajstić information content (AvgIpc) is 2.71. The molecule has 4 heteroatoms. The first kappa shape index (κ1) is 13.3. The second-order valence-electron chi connectivity index (χ2n) is 4.65. The molecule has 100 valence electrons. The minimum atomic E-state index is 0.159. The minimum absolute atomic E-state index is 0.159. The molecule has 0 fully saturated rings. The summed E-state index contributed by atoms with van der Waals surface area (Å²) < 4.78 is 9.31. The number of hydrogen-bond acceptors (Lipinski definition) is 2. The summed E-state index contributed by atoms with van der Waals surface area (Å²) in [6.07, 6.45) is 3.94. The molecular formula is C15H19N2O2+. The molecule has 0 N–H and O–H groups in total. The van der Waals surface area contributed by atoms with E-state index >= 15 is 0 Å². The second-order valence-corrected chi connectivity index (χ2v) is 4.65. The zero-order valence-corrected chi connectivity index (χ0v) is 11.6. The molecule has 0 spiro atoms. The summed E-state index contributed by atoms with van der Waals surface area (Å²) in [7, 11) is 1.67. The lowest BCUT2D eigenvalue weighted by atomic mass is 10.2. The van der Waals surface area contributed by atoms with E-state index in [2.05, 4.69) is 10.6 Å². The molecule has 0 aliphatic heterocycles. The lowest BCUT2D eigenvalue weighted by molar-refractivity contribution is -0.693. The third kappa shape index (κ3) is 3.22. The number of methoxy groups -OCH3 is 1. The van der Waals surface area contributed by atoms with E-state index in [1.54, 1.807) is 14.0 Å². The van der Waals surface area contributed by atoms with Crippen molar-refractivity contribution >= 4 is 5.78 Å². The highest BCUT2D eigenvalue weighted by atomic mass is 16.5. The van der Waals surface area contributed by atoms with E-state index in [0.717, 1.165) is 18.1 Å². The van der Waals surface area contributed by atoms with Crippen molar-refractivity contribution in [2.45, 2.75) is 26.9 Å². The highest BCUT2D eigenvalue weighted by molar-refractivity contribution is 5.75. The summed E-state index contributed by atoms with van der Waals surface area (Å²) in [5, 5.41) is 0. The standard InChI is InChI=1S/C15H19N2O2/c1-12(18)10-16-7-8-17(13(16)2)11-14-5-4-6-15(9-14)19-3/h4-9H,10-11H2,1-3H3/q+1. The number of Topliss-reactive ketones (excluding diaryl/α,β-unsaturated/α-hetero) is 1. The van der Waals surface area contributed by atoms with Crippen molar-refractivity contribution in [3.05, 3.63) is 48.0 Å². The molecule has 1 heterocycles. The number of ether oxygens (including phenoxy) is 1. The summed E-state index contributed by atoms with van der Waals surface area (Å²) in [5.41, 5.74) is 1.17. The van der Waals surface area contributed by atoms with E-state index in [1.807, 2.05) is 42.1 Å². The number of imidazole rings is 1. The van der Waals surface area contributed by atoms with E-state index in [9.17, 15) is 4.79 Å². The number of nitrogens with zero attached hydrogens (tertiary/aromatic N) is 2. The van der Waals surface area contributed by atoms with Crippen LogP contribution in [0.3, 0.4) is 0 Å². The molecule has 0 aliphatic carbocycles. The number of ketones is 1. The van der Waals surface area contributed by atoms with Crippen molar-refractivity contribution in [2.75, 3.05) is 7.11 Å². The lowest BCUT2D eigenvalue weighted by Crippen LogP contribution is -2.36. The Bertz CT molecular complexity index is 588. The van der Waals surface area contributed by atoms with E-state index < -0.39 is 0 Å². The van der Waals surface area contributed by atoms with Gasteiger partial charge in [0.2, 0.25) is 0 Å². The maximum atomic E-state index is 11.2. The van der Waals surface area contributed by atoms with Crippen LogP contribution in [-0.4, -0.2) is 17.5 Å². The molecule has 19 heavy (non-hydrogen) atoms. The number of hydrogen-bond donors (Lipinski definition) is 0. The fourth-order valence-electron chi connectivity index (χ4n) is 2.08. The highest BCUT2D eigenvalue weighted by Crippen LogP contribution is 2.12. The third-order valence-electron chi connectivity index (χ3n) is 3.14. The van der Waals surface area contributed by atoms with Gasteiger partial charge in [0, 0.05) is 6.92 Å². The van der Waals surface area contributed by atoms with Gasteiger partial charge in [0.25, 0.3) is 5.82 Å². The first-order valence-corrected chi connectivity index (χ1v) is 6.27. The van der Waals surface area contributed by atoms with Crippen LogP contribution in [0.2, 0.25) is 0 Å². The van der Waals surface area contributed by atoms with E-state index in [1.165, 1.54) is 5.56 Å². The van der Waals surface area contributed by atoms with Crippen molar-refractivity contribution in [1.82, 2.24) is 4.57 Å². The molecule has 0 aliphatic rings. The molecule has 2 rings (SSSR count). The Labute approximate surface area is 113 Å². The SMILES string of the molecule is COc1cccc(C[n+]2ccn(CC(C)=O)c2C)c1. The minimum Gasteiger partial charge on any atom is -0.497 e. The van der Waals surface area contributed by atoms with Crippen LogP contribution in [0.5, 0.6) is 5.75 Å². The predicted molar refractivity (Wildman–Crippen MR) is 72.1 cm³/mol. The molecule has 0 radical (unpaired) electrons. The number of aromatic nitrogens is 2. The molecule has 0 saturated carbocycles. The molecule has 0 atom stereocenters. The zero-order chi connectivity index (χ0) is 13.8. The van der Waals surface area contributed by atoms with Crippen molar-refractivity contribution in [2.24, 2.45) is 0 Å². The van der Waals surface area contributed by atoms with E-state index in [-0.39, 0.29) is 5.78 Å². The number of carbonyl (C=O) groups is 1. The van der Waals surface area contributed by atoms with Crippen molar-refractivity contribution < 1.29 is 14.1 Å². The van der Waals surface area contributed by atoms with Crippen LogP contribution in [0.4, 0.5) is 0 Å². The first-order valence-electron chi connectivity index (χ1n) is 6.27. The summed E-state index contributed by atoms with van der Waals surface area (Å²) >= 11 is 0. The highest BCUT2D eigenvalue weighted by Gasteiger charge is 2.13. The molecule has 0 saturated heterocycles. The van der Waals surface area contributed by atoms with Gasteiger partial charge >= 0.3 is 0 Å². The predicted octanol–water partition coefficient (Wildman–Crippen LogP) is 1.73. The van der Waals surface area contributed by atoms with Crippen LogP contribution >= 0.6 is 0 Å². The van der Waals surface area contributed by atoms with Gasteiger partial charge in [-0.1, -0.05) is 12.1 Å². The monoisotopic (exact) mass is 259 g/mol. The van der Waals surface area contributed by atoms with Gasteiger partial charge in [-0.05, 0) is 24.6 Å². The topological polar surface area (TPSA) is 35.1 Å². The number of rotatable bonds is 5. The third-order valence-corrected chi connectivity index (χ3v) is 3.14. The van der Waals surface area contributed by atoms with E-state index in [4.69, 9.17) is 4.74 Å². The van der Waals surface area contributed by atoms with Crippen LogP contribution in [0.15, 0.2) is 36.7 Å². The van der Waals surface area contributed by atoms with Gasteiger partial charge in [-0.25, -0.2) is 9.13 Å². The summed E-state index contributed by atoms with van der Waals surface area (Å²) in [5.74, 6) is 2.09. The summed E-state index contributed by atoms with van der Waals surface area (Å²) in [6, 6.07) is 8.00. The molecular weight excluding hydrogens is 240 g/mol. The molecule has 0 amide bonds. The quantitative estimate of drug-likeness (QED) is 0.767. The van der Waals surface area contributed by atoms with E-state index in [0.29, 0.717) is 6.54 Å². The zero-order valence-electron chi connectivity index (χ0n) is 11.6. The molecule has 0 bridgehead atoms. The van der Waals surface area contributed by atoms with Crippen molar-refractivity contribution in [1.29, 1.82) is 0 Å². The Hall–Kier alpha value is -2.10. The Balaban J connectivity index is 2.19. The van der Waals surface area contributed by atoms with Crippen molar-refractivity contribution in [3.8, 4) is 5.75 Å². The molecule has 4 nitrogen and oxygen atoms in total. The first-order chi connectivity index (χ1) is 9.10. The van der Waals surface area contributed by atoms with Crippen LogP contribution < -0.4 is 9.30 Å². The van der Waals surface area contributed by atoms with Gasteiger partial charge in [-0.2, -0.15) is 0 Å². The largest absolute Gasteiger partial charge is 0.497 e. The Kier molecular flexibility index (Phi) is 4.00. The van der Waals surface area contributed by atoms with Gasteiger partial charge in [0.1, 0.15) is 31.2 Å². The van der Waals surface area contributed by atoms with Gasteiger partial charge in [0.15, 0.2) is 5.78 Å². The molecule has 2 aromatic rings. The van der Waals surface area contributed by atoms with Gasteiger partial charge in [-0.15, -0.1) is 0 Å². The summed E-state index contributed by atoms with van der Waals surface area (Å²) in [6.45, 7) is 4.82. The molecule has 0 unspecified atom stereocenters. The molecule has 1 aromatic carbocycles. The maximum Gasteiger partial charge on any atom is 0.253 e. The Morgan fingerprint density at radius 1 is 1.42 bits per heavy atom. The van der Waals surface area contributed by atoms with Crippen LogP contribution in [0.1, 0.15) is 18.3 Å². The second kappa shape index (κ2) is 5.69. The fraction of sp³-hybridized carbons (Fsp3) is 0.333. The summed E-state index contributed by atoms with van der Waals surface area (Å²) in [4.78, 5) is 11.2. The van der Waals surface area contributed by atoms with Crippen molar-refractivity contribution in [3.63, 3.8) is 0 Å². The Morgan fingerprint density at radius 3 is 2.89 bits per heavy atom. The van der Waals surface area contributed by atoms with Crippen LogP contribution in [0, 0.1) is 6.92 Å². The Morgan fingerprint density at radius 2 is 2.21 bits per heavy atom. The van der Waals surface area contributed by atoms with Gasteiger partial charge < -0.3 is 4.74 Å². The lowest BCUT2D eigenvalue weighted by Gasteiger charge is -2.03. The smallest absolute Gasteiger partial charge is 0.253 e.